The van der Waals surface area contributed by atoms with Gasteiger partial charge in [-0.15, -0.1) is 0 Å². The fraction of sp³-hybridized carbons (Fsp3) is 0.222. The molecule has 108 valence electrons. The van der Waals surface area contributed by atoms with Gasteiger partial charge >= 0.3 is 12.4 Å². The average molecular weight is 297 g/mol. The molecule has 0 spiro atoms. The van der Waals surface area contributed by atoms with Gasteiger partial charge in [0.05, 0.1) is 0 Å². The second-order valence-corrected chi connectivity index (χ2v) is 3.61. The molecule has 2 aromatic heterocycles. The second kappa shape index (κ2) is 4.35. The minimum Gasteiger partial charge on any atom is -0.368 e. The van der Waals surface area contributed by atoms with Crippen LogP contribution >= 0.6 is 0 Å². The number of rotatable bonds is 1. The van der Waals surface area contributed by atoms with Gasteiger partial charge in [-0.25, -0.2) is 9.67 Å². The first-order chi connectivity index (χ1) is 9.07. The summed E-state index contributed by atoms with van der Waals surface area (Å²) in [5.74, 6) is -1.24. The van der Waals surface area contributed by atoms with Crippen LogP contribution in [0.25, 0.3) is 5.82 Å². The largest absolute Gasteiger partial charge is 0.435 e. The van der Waals surface area contributed by atoms with Crippen LogP contribution in [0, 0.1) is 0 Å². The number of nitrogen functional groups attached to an aromatic ring is 1. The highest BCUT2D eigenvalue weighted by Crippen LogP contribution is 2.30. The Labute approximate surface area is 107 Å². The van der Waals surface area contributed by atoms with Gasteiger partial charge in [0.25, 0.3) is 0 Å². The van der Waals surface area contributed by atoms with Gasteiger partial charge in [0.15, 0.2) is 17.2 Å². The Morgan fingerprint density at radius 1 is 0.950 bits per heavy atom. The lowest BCUT2D eigenvalue weighted by Gasteiger charge is -2.08. The minimum absolute atomic E-state index is 0.448. The molecule has 5 nitrogen and oxygen atoms in total. The van der Waals surface area contributed by atoms with E-state index in [9.17, 15) is 26.3 Å². The van der Waals surface area contributed by atoms with Gasteiger partial charge in [-0.3, -0.25) is 0 Å². The first kappa shape index (κ1) is 14.1. The predicted molar refractivity (Wildman–Crippen MR) is 53.6 cm³/mol. The van der Waals surface area contributed by atoms with Crippen LogP contribution in [0.3, 0.4) is 0 Å². The van der Waals surface area contributed by atoms with Crippen molar-refractivity contribution in [3.05, 3.63) is 29.7 Å². The number of hydrogen-bond acceptors (Lipinski definition) is 4. The van der Waals surface area contributed by atoms with Crippen LogP contribution in [0.5, 0.6) is 0 Å². The summed E-state index contributed by atoms with van der Waals surface area (Å²) in [6, 6.07) is 1.05. The lowest BCUT2D eigenvalue weighted by atomic mass is 10.4. The fourth-order valence-corrected chi connectivity index (χ4v) is 1.32. The van der Waals surface area contributed by atoms with Gasteiger partial charge in [0.1, 0.15) is 0 Å². The van der Waals surface area contributed by atoms with Gasteiger partial charge < -0.3 is 5.73 Å². The predicted octanol–water partition coefficient (Wildman–Crippen LogP) is 2.28. The van der Waals surface area contributed by atoms with Crippen molar-refractivity contribution in [3.8, 4) is 5.82 Å². The van der Waals surface area contributed by atoms with E-state index in [4.69, 9.17) is 5.73 Å². The first-order valence-corrected chi connectivity index (χ1v) is 4.92. The highest BCUT2D eigenvalue weighted by atomic mass is 19.4. The summed E-state index contributed by atoms with van der Waals surface area (Å²) < 4.78 is 75.1. The molecule has 0 saturated carbocycles. The molecule has 0 aromatic carbocycles. The molecule has 2 heterocycles. The molecule has 0 atom stereocenters. The third-order valence-corrected chi connectivity index (χ3v) is 2.13. The van der Waals surface area contributed by atoms with Crippen molar-refractivity contribution in [2.24, 2.45) is 0 Å². The van der Waals surface area contributed by atoms with E-state index in [1.165, 1.54) is 0 Å². The molecule has 0 radical (unpaired) electrons. The van der Waals surface area contributed by atoms with Gasteiger partial charge in [-0.1, -0.05) is 0 Å². The molecule has 0 amide bonds. The summed E-state index contributed by atoms with van der Waals surface area (Å²) >= 11 is 0. The van der Waals surface area contributed by atoms with E-state index < -0.39 is 35.5 Å². The number of halogens is 6. The lowest BCUT2D eigenvalue weighted by Crippen LogP contribution is -2.14. The van der Waals surface area contributed by atoms with E-state index in [1.807, 2.05) is 0 Å². The summed E-state index contributed by atoms with van der Waals surface area (Å²) in [6.07, 6.45) is -8.69. The van der Waals surface area contributed by atoms with Crippen molar-refractivity contribution < 1.29 is 26.3 Å². The zero-order valence-corrected chi connectivity index (χ0v) is 9.37. The number of nitrogens with two attached hydrogens (primary N) is 1. The van der Waals surface area contributed by atoms with Crippen molar-refractivity contribution in [2.75, 3.05) is 5.73 Å². The van der Waals surface area contributed by atoms with Crippen molar-refractivity contribution >= 4 is 5.95 Å². The quantitative estimate of drug-likeness (QED) is 0.820. The lowest BCUT2D eigenvalue weighted by molar-refractivity contribution is -0.142. The molecule has 0 aliphatic heterocycles. The standard InChI is InChI=1S/C9H5F6N5/c10-8(11,12)4-1-2-20(19-4)6-3-5(9(13,14)15)17-7(16)18-6/h1-3H,(H2,16,17,18). The molecule has 20 heavy (non-hydrogen) atoms. The molecule has 11 heteroatoms. The highest BCUT2D eigenvalue weighted by molar-refractivity contribution is 5.32. The van der Waals surface area contributed by atoms with Crippen LogP contribution in [-0.4, -0.2) is 19.7 Å². The minimum atomic E-state index is -4.80. The normalized spacial score (nSPS) is 12.7. The maximum Gasteiger partial charge on any atom is 0.435 e. The monoisotopic (exact) mass is 297 g/mol. The zero-order chi connectivity index (χ0) is 15.1. The first-order valence-electron chi connectivity index (χ1n) is 4.92. The maximum atomic E-state index is 12.5. The smallest absolute Gasteiger partial charge is 0.368 e. The number of nitrogens with zero attached hydrogens (tertiary/aromatic N) is 4. The average Bonchev–Trinajstić information content (AvgIpc) is 2.75. The Kier molecular flexibility index (Phi) is 3.07. The van der Waals surface area contributed by atoms with E-state index in [0.717, 1.165) is 6.20 Å². The van der Waals surface area contributed by atoms with Crippen molar-refractivity contribution in [1.29, 1.82) is 0 Å². The molecule has 0 saturated heterocycles. The Hall–Kier alpha value is -2.33. The molecule has 2 aromatic rings. The molecule has 0 fully saturated rings. The Balaban J connectivity index is 2.48. The number of hydrogen-bond donors (Lipinski definition) is 1. The summed E-state index contributed by atoms with van der Waals surface area (Å²) in [5, 5.41) is 3.09. The van der Waals surface area contributed by atoms with Crippen molar-refractivity contribution in [2.45, 2.75) is 12.4 Å². The van der Waals surface area contributed by atoms with E-state index in [2.05, 4.69) is 15.1 Å². The number of aromatic nitrogens is 4. The summed E-state index contributed by atoms with van der Waals surface area (Å²) in [7, 11) is 0. The molecule has 2 rings (SSSR count). The molecular weight excluding hydrogens is 292 g/mol. The maximum absolute atomic E-state index is 12.5. The Morgan fingerprint density at radius 3 is 2.05 bits per heavy atom. The van der Waals surface area contributed by atoms with Gasteiger partial charge in [0, 0.05) is 12.3 Å². The molecule has 0 bridgehead atoms. The molecule has 0 aliphatic rings. The summed E-state index contributed by atoms with van der Waals surface area (Å²) in [4.78, 5) is 6.38. The van der Waals surface area contributed by atoms with Crippen LogP contribution in [0.1, 0.15) is 11.4 Å². The van der Waals surface area contributed by atoms with E-state index in [-0.39, 0.29) is 0 Å². The summed E-state index contributed by atoms with van der Waals surface area (Å²) in [5.41, 5.74) is 2.47. The van der Waals surface area contributed by atoms with Crippen molar-refractivity contribution in [1.82, 2.24) is 19.7 Å². The summed E-state index contributed by atoms with van der Waals surface area (Å²) in [6.45, 7) is 0. The SMILES string of the molecule is Nc1nc(-n2ccc(C(F)(F)F)n2)cc(C(F)(F)F)n1. The van der Waals surface area contributed by atoms with Crippen molar-refractivity contribution in [3.63, 3.8) is 0 Å². The van der Waals surface area contributed by atoms with E-state index >= 15 is 0 Å². The Morgan fingerprint density at radius 2 is 1.55 bits per heavy atom. The van der Waals surface area contributed by atoms with E-state index in [1.54, 1.807) is 0 Å². The second-order valence-electron chi connectivity index (χ2n) is 3.61. The third kappa shape index (κ3) is 2.81. The zero-order valence-electron chi connectivity index (χ0n) is 9.37. The highest BCUT2D eigenvalue weighted by Gasteiger charge is 2.35. The van der Waals surface area contributed by atoms with Crippen LogP contribution in [0.2, 0.25) is 0 Å². The van der Waals surface area contributed by atoms with Crippen LogP contribution in [-0.2, 0) is 12.4 Å². The van der Waals surface area contributed by atoms with Gasteiger partial charge in [-0.2, -0.15) is 36.4 Å². The Bertz CT molecular complexity index is 628. The number of alkyl halides is 6. The molecule has 2 N–H and O–H groups in total. The molecular formula is C9H5F6N5. The van der Waals surface area contributed by atoms with Crippen LogP contribution < -0.4 is 5.73 Å². The molecule has 0 aliphatic carbocycles. The van der Waals surface area contributed by atoms with Crippen LogP contribution in [0.4, 0.5) is 32.3 Å². The number of anilines is 1. The topological polar surface area (TPSA) is 69.6 Å². The van der Waals surface area contributed by atoms with E-state index in [0.29, 0.717) is 16.8 Å². The molecule has 0 unspecified atom stereocenters. The van der Waals surface area contributed by atoms with Gasteiger partial charge in [-0.05, 0) is 6.07 Å². The van der Waals surface area contributed by atoms with Crippen LogP contribution in [0.15, 0.2) is 18.3 Å². The van der Waals surface area contributed by atoms with Gasteiger partial charge in [0.2, 0.25) is 5.95 Å². The third-order valence-electron chi connectivity index (χ3n) is 2.13. The fourth-order valence-electron chi connectivity index (χ4n) is 1.32.